The van der Waals surface area contributed by atoms with E-state index in [2.05, 4.69) is 16.9 Å². The lowest BCUT2D eigenvalue weighted by atomic mass is 10.2. The zero-order valence-corrected chi connectivity index (χ0v) is 9.51. The van der Waals surface area contributed by atoms with Crippen LogP contribution in [0.2, 0.25) is 5.15 Å². The summed E-state index contributed by atoms with van der Waals surface area (Å²) in [6.45, 7) is 5.94. The molecule has 0 aromatic carbocycles. The number of hydrogen-bond donors (Lipinski definition) is 0. The molecule has 0 fully saturated rings. The van der Waals surface area contributed by atoms with Gasteiger partial charge in [-0.25, -0.2) is 4.98 Å². The van der Waals surface area contributed by atoms with E-state index < -0.39 is 0 Å². The molecule has 0 bridgehead atoms. The molecule has 0 N–H and O–H groups in total. The first kappa shape index (κ1) is 11.2. The Labute approximate surface area is 89.5 Å². The van der Waals surface area contributed by atoms with Gasteiger partial charge in [-0.05, 0) is 20.3 Å². The number of hydrogen-bond acceptors (Lipinski definition) is 3. The molecule has 1 unspecified atom stereocenters. The van der Waals surface area contributed by atoms with Crippen LogP contribution in [0.3, 0.4) is 0 Å². The Morgan fingerprint density at radius 3 is 2.79 bits per heavy atom. The van der Waals surface area contributed by atoms with E-state index in [1.165, 1.54) is 0 Å². The molecule has 0 radical (unpaired) electrons. The third kappa shape index (κ3) is 3.50. The van der Waals surface area contributed by atoms with Crippen molar-refractivity contribution in [2.24, 2.45) is 0 Å². The second kappa shape index (κ2) is 5.15. The molecule has 78 valence electrons. The van der Waals surface area contributed by atoms with E-state index in [4.69, 9.17) is 16.3 Å². The molecule has 1 aromatic heterocycles. The highest BCUT2D eigenvalue weighted by atomic mass is 35.5. The van der Waals surface area contributed by atoms with Crippen molar-refractivity contribution < 1.29 is 4.74 Å². The summed E-state index contributed by atoms with van der Waals surface area (Å²) in [6.07, 6.45) is 2.28. The smallest absolute Gasteiger partial charge is 0.218 e. The van der Waals surface area contributed by atoms with Crippen molar-refractivity contribution in [3.05, 3.63) is 17.0 Å². The fourth-order valence-corrected chi connectivity index (χ4v) is 1.45. The Kier molecular flexibility index (Phi) is 4.14. The zero-order valence-electron chi connectivity index (χ0n) is 8.75. The van der Waals surface area contributed by atoms with Gasteiger partial charge in [0, 0.05) is 6.07 Å². The van der Waals surface area contributed by atoms with E-state index >= 15 is 0 Å². The highest BCUT2D eigenvalue weighted by Crippen LogP contribution is 2.15. The lowest BCUT2D eigenvalue weighted by Gasteiger charge is -2.12. The van der Waals surface area contributed by atoms with Crippen molar-refractivity contribution in [1.29, 1.82) is 0 Å². The number of aromatic nitrogens is 2. The van der Waals surface area contributed by atoms with Crippen molar-refractivity contribution in [1.82, 2.24) is 9.97 Å². The highest BCUT2D eigenvalue weighted by molar-refractivity contribution is 6.29. The molecule has 1 aromatic rings. The summed E-state index contributed by atoms with van der Waals surface area (Å²) in [6, 6.07) is 1.64. The topological polar surface area (TPSA) is 35.0 Å². The maximum atomic E-state index is 5.78. The van der Waals surface area contributed by atoms with Gasteiger partial charge in [-0.3, -0.25) is 0 Å². The summed E-state index contributed by atoms with van der Waals surface area (Å²) in [5.74, 6) is 1.19. The first-order valence-electron chi connectivity index (χ1n) is 4.79. The minimum Gasteiger partial charge on any atom is -0.475 e. The molecule has 0 saturated heterocycles. The normalized spacial score (nSPS) is 12.6. The summed E-state index contributed by atoms with van der Waals surface area (Å²) < 4.78 is 5.58. The molecule has 3 nitrogen and oxygen atoms in total. The van der Waals surface area contributed by atoms with Crippen LogP contribution in [0.25, 0.3) is 0 Å². The van der Waals surface area contributed by atoms with E-state index in [0.29, 0.717) is 16.9 Å². The van der Waals surface area contributed by atoms with Gasteiger partial charge in [0.05, 0.1) is 6.10 Å². The fraction of sp³-hybridized carbons (Fsp3) is 0.600. The summed E-state index contributed by atoms with van der Waals surface area (Å²) >= 11 is 5.78. The minimum atomic E-state index is 0.172. The van der Waals surface area contributed by atoms with Crippen LogP contribution >= 0.6 is 11.6 Å². The van der Waals surface area contributed by atoms with Crippen molar-refractivity contribution in [3.8, 4) is 5.88 Å². The molecule has 0 aliphatic carbocycles. The van der Waals surface area contributed by atoms with Gasteiger partial charge in [-0.15, -0.1) is 0 Å². The quantitative estimate of drug-likeness (QED) is 0.723. The van der Waals surface area contributed by atoms with Crippen molar-refractivity contribution in [3.63, 3.8) is 0 Å². The molecule has 0 saturated carbocycles. The maximum Gasteiger partial charge on any atom is 0.218 e. The first-order valence-corrected chi connectivity index (χ1v) is 5.17. The van der Waals surface area contributed by atoms with Crippen LogP contribution in [0, 0.1) is 6.92 Å². The van der Waals surface area contributed by atoms with E-state index in [0.717, 1.165) is 12.8 Å². The molecular formula is C10H15ClN2O. The number of rotatable bonds is 4. The molecule has 0 aliphatic rings. The second-order valence-electron chi connectivity index (χ2n) is 3.29. The van der Waals surface area contributed by atoms with E-state index in [-0.39, 0.29) is 6.10 Å². The number of halogens is 1. The Bertz CT molecular complexity index is 284. The average Bonchev–Trinajstić information content (AvgIpc) is 2.01. The Morgan fingerprint density at radius 1 is 1.50 bits per heavy atom. The molecule has 1 heterocycles. The van der Waals surface area contributed by atoms with Gasteiger partial charge >= 0.3 is 0 Å². The van der Waals surface area contributed by atoms with Gasteiger partial charge in [0.25, 0.3) is 0 Å². The zero-order chi connectivity index (χ0) is 10.6. The molecule has 1 rings (SSSR count). The predicted octanol–water partition coefficient (Wildman–Crippen LogP) is 3.01. The fourth-order valence-electron chi connectivity index (χ4n) is 1.24. The minimum absolute atomic E-state index is 0.172. The van der Waals surface area contributed by atoms with Crippen molar-refractivity contribution >= 4 is 11.6 Å². The summed E-state index contributed by atoms with van der Waals surface area (Å²) in [5, 5.41) is 0.427. The molecule has 14 heavy (non-hydrogen) atoms. The highest BCUT2D eigenvalue weighted by Gasteiger charge is 2.05. The standard InChI is InChI=1S/C10H15ClN2O/c1-4-5-7(2)14-10-6-9(11)12-8(3)13-10/h6-7H,4-5H2,1-3H3. The van der Waals surface area contributed by atoms with Crippen molar-refractivity contribution in [2.75, 3.05) is 0 Å². The predicted molar refractivity (Wildman–Crippen MR) is 56.8 cm³/mol. The van der Waals surface area contributed by atoms with E-state index in [9.17, 15) is 0 Å². The van der Waals surface area contributed by atoms with Crippen LogP contribution in [-0.4, -0.2) is 16.1 Å². The van der Waals surface area contributed by atoms with Crippen molar-refractivity contribution in [2.45, 2.75) is 39.7 Å². The van der Waals surface area contributed by atoms with Gasteiger partial charge < -0.3 is 4.74 Å². The lowest BCUT2D eigenvalue weighted by Crippen LogP contribution is -2.12. The molecule has 0 spiro atoms. The number of nitrogens with zero attached hydrogens (tertiary/aromatic N) is 2. The molecule has 4 heteroatoms. The first-order chi connectivity index (χ1) is 6.61. The molecule has 1 atom stereocenters. The Morgan fingerprint density at radius 2 is 2.21 bits per heavy atom. The van der Waals surface area contributed by atoms with E-state index in [1.54, 1.807) is 13.0 Å². The Balaban J connectivity index is 2.66. The van der Waals surface area contributed by atoms with Gasteiger partial charge in [0.1, 0.15) is 11.0 Å². The largest absolute Gasteiger partial charge is 0.475 e. The molecular weight excluding hydrogens is 200 g/mol. The third-order valence-corrected chi connectivity index (χ3v) is 1.99. The number of ether oxygens (including phenoxy) is 1. The monoisotopic (exact) mass is 214 g/mol. The summed E-state index contributed by atoms with van der Waals surface area (Å²) in [7, 11) is 0. The van der Waals surface area contributed by atoms with Gasteiger partial charge in [0.15, 0.2) is 0 Å². The van der Waals surface area contributed by atoms with Gasteiger partial charge in [0.2, 0.25) is 5.88 Å². The maximum absolute atomic E-state index is 5.78. The molecule has 0 aliphatic heterocycles. The van der Waals surface area contributed by atoms with Crippen LogP contribution in [0.1, 0.15) is 32.5 Å². The Hall–Kier alpha value is -0.830. The van der Waals surface area contributed by atoms with Crippen LogP contribution in [0.5, 0.6) is 5.88 Å². The summed E-state index contributed by atoms with van der Waals surface area (Å²) in [4.78, 5) is 8.10. The van der Waals surface area contributed by atoms with Gasteiger partial charge in [-0.1, -0.05) is 24.9 Å². The van der Waals surface area contributed by atoms with Crippen LogP contribution < -0.4 is 4.74 Å². The SMILES string of the molecule is CCCC(C)Oc1cc(Cl)nc(C)n1. The number of aryl methyl sites for hydroxylation is 1. The second-order valence-corrected chi connectivity index (χ2v) is 3.68. The van der Waals surface area contributed by atoms with E-state index in [1.807, 2.05) is 6.92 Å². The van der Waals surface area contributed by atoms with Crippen LogP contribution in [0.15, 0.2) is 6.07 Å². The van der Waals surface area contributed by atoms with Crippen LogP contribution in [-0.2, 0) is 0 Å². The third-order valence-electron chi connectivity index (χ3n) is 1.80. The average molecular weight is 215 g/mol. The van der Waals surface area contributed by atoms with Gasteiger partial charge in [-0.2, -0.15) is 4.98 Å². The molecule has 0 amide bonds. The van der Waals surface area contributed by atoms with Crippen LogP contribution in [0.4, 0.5) is 0 Å². The summed E-state index contributed by atoms with van der Waals surface area (Å²) in [5.41, 5.74) is 0. The lowest BCUT2D eigenvalue weighted by molar-refractivity contribution is 0.201.